The Bertz CT molecular complexity index is 792. The van der Waals surface area contributed by atoms with Crippen LogP contribution in [0.2, 0.25) is 0 Å². The number of nitrogens with one attached hydrogen (secondary N) is 1. The van der Waals surface area contributed by atoms with Crippen LogP contribution in [0.4, 0.5) is 0 Å². The van der Waals surface area contributed by atoms with Gasteiger partial charge in [0.15, 0.2) is 5.69 Å². The highest BCUT2D eigenvalue weighted by Crippen LogP contribution is 2.24. The number of amides is 1. The molecule has 2 aromatic heterocycles. The number of hydrogen-bond acceptors (Lipinski definition) is 3. The molecule has 0 bridgehead atoms. The molecule has 22 heavy (non-hydrogen) atoms. The predicted molar refractivity (Wildman–Crippen MR) is 82.5 cm³/mol. The van der Waals surface area contributed by atoms with Crippen molar-refractivity contribution in [3.63, 3.8) is 0 Å². The van der Waals surface area contributed by atoms with E-state index in [1.165, 1.54) is 0 Å². The Balaban J connectivity index is 1.60. The average Bonchev–Trinajstić information content (AvgIpc) is 3.24. The number of carbonyl (C=O) groups excluding carboxylic acids is 1. The van der Waals surface area contributed by atoms with Gasteiger partial charge in [0, 0.05) is 30.9 Å². The van der Waals surface area contributed by atoms with E-state index in [1.54, 1.807) is 6.20 Å². The number of nitrogens with zero attached hydrogens (tertiary/aromatic N) is 4. The number of aromatic nitrogens is 4. The molecule has 0 aliphatic carbocycles. The van der Waals surface area contributed by atoms with Crippen molar-refractivity contribution in [1.82, 2.24) is 24.6 Å². The van der Waals surface area contributed by atoms with E-state index in [4.69, 9.17) is 0 Å². The molecule has 0 unspecified atom stereocenters. The number of piperidine rings is 1. The molecule has 1 amide bonds. The van der Waals surface area contributed by atoms with Gasteiger partial charge in [-0.25, -0.2) is 4.98 Å². The van der Waals surface area contributed by atoms with Crippen molar-refractivity contribution in [2.75, 3.05) is 13.1 Å². The third-order valence-corrected chi connectivity index (χ3v) is 4.30. The van der Waals surface area contributed by atoms with Crippen LogP contribution in [0.3, 0.4) is 0 Å². The molecule has 1 aromatic carbocycles. The van der Waals surface area contributed by atoms with Gasteiger partial charge in [0.1, 0.15) is 0 Å². The summed E-state index contributed by atoms with van der Waals surface area (Å²) in [7, 11) is 0. The van der Waals surface area contributed by atoms with E-state index in [-0.39, 0.29) is 5.91 Å². The summed E-state index contributed by atoms with van der Waals surface area (Å²) in [6.07, 6.45) is 7.63. The maximum Gasteiger partial charge on any atom is 0.275 e. The van der Waals surface area contributed by atoms with Gasteiger partial charge in [-0.15, -0.1) is 0 Å². The summed E-state index contributed by atoms with van der Waals surface area (Å²) >= 11 is 0. The second-order valence-electron chi connectivity index (χ2n) is 5.67. The second-order valence-corrected chi connectivity index (χ2v) is 5.67. The Morgan fingerprint density at radius 3 is 3.09 bits per heavy atom. The third kappa shape index (κ3) is 2.16. The highest BCUT2D eigenvalue weighted by Gasteiger charge is 2.27. The molecular weight excluding hydrogens is 278 g/mol. The van der Waals surface area contributed by atoms with Crippen LogP contribution in [-0.4, -0.2) is 43.6 Å². The molecule has 112 valence electrons. The van der Waals surface area contributed by atoms with Gasteiger partial charge in [-0.1, -0.05) is 18.2 Å². The van der Waals surface area contributed by atoms with E-state index in [1.807, 2.05) is 41.7 Å². The van der Waals surface area contributed by atoms with Crippen molar-refractivity contribution in [2.24, 2.45) is 0 Å². The predicted octanol–water partition coefficient (Wildman–Crippen LogP) is 2.24. The van der Waals surface area contributed by atoms with Crippen LogP contribution in [-0.2, 0) is 0 Å². The minimum atomic E-state index is 0.00210. The summed E-state index contributed by atoms with van der Waals surface area (Å²) < 4.78 is 2.09. The van der Waals surface area contributed by atoms with Gasteiger partial charge in [-0.2, -0.15) is 5.10 Å². The van der Waals surface area contributed by atoms with Crippen LogP contribution in [0, 0.1) is 0 Å². The molecular formula is C16H17N5O. The monoisotopic (exact) mass is 295 g/mol. The van der Waals surface area contributed by atoms with Crippen LogP contribution in [0.5, 0.6) is 0 Å². The van der Waals surface area contributed by atoms with Gasteiger partial charge in [-0.05, 0) is 18.9 Å². The molecule has 1 aliphatic rings. The number of likely N-dealkylation sites (tertiary alicyclic amines) is 1. The lowest BCUT2D eigenvalue weighted by Gasteiger charge is -2.33. The maximum absolute atomic E-state index is 12.8. The summed E-state index contributed by atoms with van der Waals surface area (Å²) in [4.78, 5) is 18.8. The molecule has 6 nitrogen and oxygen atoms in total. The first-order valence-electron chi connectivity index (χ1n) is 7.53. The van der Waals surface area contributed by atoms with E-state index >= 15 is 0 Å². The summed E-state index contributed by atoms with van der Waals surface area (Å²) in [5, 5.41) is 8.04. The first-order chi connectivity index (χ1) is 10.8. The highest BCUT2D eigenvalue weighted by molar-refractivity contribution is 6.04. The summed E-state index contributed by atoms with van der Waals surface area (Å²) in [5.41, 5.74) is 1.41. The lowest BCUT2D eigenvalue weighted by atomic mass is 10.0. The van der Waals surface area contributed by atoms with E-state index < -0.39 is 0 Å². The normalized spacial score (nSPS) is 18.7. The molecule has 0 spiro atoms. The van der Waals surface area contributed by atoms with Crippen molar-refractivity contribution < 1.29 is 4.79 Å². The molecule has 1 atom stereocenters. The first-order valence-corrected chi connectivity index (χ1v) is 7.53. The topological polar surface area (TPSA) is 66.8 Å². The number of H-pyrrole nitrogens is 1. The Labute approximate surface area is 127 Å². The zero-order valence-corrected chi connectivity index (χ0v) is 12.1. The molecule has 6 heteroatoms. The number of fused-ring (bicyclic) bond motifs is 1. The minimum absolute atomic E-state index is 0.00210. The summed E-state index contributed by atoms with van der Waals surface area (Å²) in [6, 6.07) is 8.03. The van der Waals surface area contributed by atoms with Gasteiger partial charge in [-0.3, -0.25) is 9.89 Å². The van der Waals surface area contributed by atoms with Crippen LogP contribution in [0.1, 0.15) is 29.4 Å². The van der Waals surface area contributed by atoms with Crippen molar-refractivity contribution in [2.45, 2.75) is 18.9 Å². The number of hydrogen-bond donors (Lipinski definition) is 1. The first kappa shape index (κ1) is 13.1. The number of rotatable bonds is 2. The number of benzene rings is 1. The standard InChI is InChI=1S/C16H17N5O/c22-16(15-13-5-1-2-6-14(13)18-19-15)20-8-3-4-12(10-20)21-9-7-17-11-21/h1-2,5-7,9,11-12H,3-4,8,10H2,(H,18,19)/t12-/m0/s1. The zero-order valence-electron chi connectivity index (χ0n) is 12.1. The van der Waals surface area contributed by atoms with E-state index in [9.17, 15) is 4.79 Å². The molecule has 1 N–H and O–H groups in total. The van der Waals surface area contributed by atoms with Gasteiger partial charge in [0.2, 0.25) is 0 Å². The van der Waals surface area contributed by atoms with Crippen LogP contribution in [0.15, 0.2) is 43.0 Å². The average molecular weight is 295 g/mol. The van der Waals surface area contributed by atoms with Gasteiger partial charge >= 0.3 is 0 Å². The van der Waals surface area contributed by atoms with Crippen LogP contribution < -0.4 is 0 Å². The quantitative estimate of drug-likeness (QED) is 0.788. The molecule has 3 aromatic rings. The van der Waals surface area contributed by atoms with Gasteiger partial charge < -0.3 is 9.47 Å². The van der Waals surface area contributed by atoms with Crippen molar-refractivity contribution in [1.29, 1.82) is 0 Å². The SMILES string of the molecule is O=C(c1n[nH]c2ccccc12)N1CCC[C@H](n2ccnc2)C1. The Kier molecular flexibility index (Phi) is 3.14. The Morgan fingerprint density at radius 2 is 2.23 bits per heavy atom. The Morgan fingerprint density at radius 1 is 1.32 bits per heavy atom. The number of aromatic amines is 1. The number of imidazole rings is 1. The molecule has 1 saturated heterocycles. The number of para-hydroxylation sites is 1. The molecule has 0 radical (unpaired) electrons. The van der Waals surface area contributed by atoms with E-state index in [0.717, 1.165) is 30.3 Å². The fraction of sp³-hybridized carbons (Fsp3) is 0.312. The fourth-order valence-electron chi connectivity index (χ4n) is 3.14. The molecule has 4 rings (SSSR count). The molecule has 0 saturated carbocycles. The maximum atomic E-state index is 12.8. The van der Waals surface area contributed by atoms with Gasteiger partial charge in [0.05, 0.1) is 17.9 Å². The molecule has 1 fully saturated rings. The van der Waals surface area contributed by atoms with Crippen molar-refractivity contribution in [3.8, 4) is 0 Å². The lowest BCUT2D eigenvalue weighted by molar-refractivity contribution is 0.0675. The highest BCUT2D eigenvalue weighted by atomic mass is 16.2. The Hall–Kier alpha value is -2.63. The third-order valence-electron chi connectivity index (χ3n) is 4.30. The fourth-order valence-corrected chi connectivity index (χ4v) is 3.14. The summed E-state index contributed by atoms with van der Waals surface area (Å²) in [5.74, 6) is 0.00210. The zero-order chi connectivity index (χ0) is 14.9. The van der Waals surface area contributed by atoms with Crippen LogP contribution in [0.25, 0.3) is 10.9 Å². The van der Waals surface area contributed by atoms with E-state index in [2.05, 4.69) is 19.7 Å². The number of carbonyl (C=O) groups is 1. The van der Waals surface area contributed by atoms with Crippen LogP contribution >= 0.6 is 0 Å². The second kappa shape index (κ2) is 5.29. The molecule has 1 aliphatic heterocycles. The van der Waals surface area contributed by atoms with Crippen molar-refractivity contribution >= 4 is 16.8 Å². The molecule has 3 heterocycles. The van der Waals surface area contributed by atoms with Gasteiger partial charge in [0.25, 0.3) is 5.91 Å². The van der Waals surface area contributed by atoms with Crippen molar-refractivity contribution in [3.05, 3.63) is 48.7 Å². The minimum Gasteiger partial charge on any atom is -0.335 e. The summed E-state index contributed by atoms with van der Waals surface area (Å²) in [6.45, 7) is 1.49. The van der Waals surface area contributed by atoms with E-state index in [0.29, 0.717) is 18.3 Å². The smallest absolute Gasteiger partial charge is 0.275 e. The largest absolute Gasteiger partial charge is 0.335 e. The lowest BCUT2D eigenvalue weighted by Crippen LogP contribution is -2.40.